The first-order valence-corrected chi connectivity index (χ1v) is 7.94. The molecule has 0 spiro atoms. The van der Waals surface area contributed by atoms with E-state index in [0.29, 0.717) is 5.95 Å². The monoisotopic (exact) mass is 318 g/mol. The van der Waals surface area contributed by atoms with Crippen LogP contribution in [0.15, 0.2) is 48.9 Å². The Morgan fingerprint density at radius 3 is 2.92 bits per heavy atom. The van der Waals surface area contributed by atoms with Gasteiger partial charge in [-0.3, -0.25) is 5.10 Å². The summed E-state index contributed by atoms with van der Waals surface area (Å²) in [5.41, 5.74) is 5.25. The number of para-hydroxylation sites is 1. The van der Waals surface area contributed by atoms with E-state index in [0.717, 1.165) is 29.9 Å². The smallest absolute Gasteiger partial charge is 0.223 e. The fourth-order valence-electron chi connectivity index (χ4n) is 2.86. The SMILES string of the molecule is Cc1n[nH]cc1-c1ccnc(NCCc2c[nH]c3ccccc23)n1. The third-order valence-electron chi connectivity index (χ3n) is 4.11. The molecular weight excluding hydrogens is 300 g/mol. The molecule has 3 aromatic heterocycles. The van der Waals surface area contributed by atoms with Crippen molar-refractivity contribution in [2.75, 3.05) is 11.9 Å². The van der Waals surface area contributed by atoms with Crippen LogP contribution in [0.25, 0.3) is 22.2 Å². The second-order valence-corrected chi connectivity index (χ2v) is 5.69. The third-order valence-corrected chi connectivity index (χ3v) is 4.11. The molecule has 0 aliphatic carbocycles. The highest BCUT2D eigenvalue weighted by Crippen LogP contribution is 2.20. The number of hydrogen-bond donors (Lipinski definition) is 3. The van der Waals surface area contributed by atoms with E-state index in [1.54, 1.807) is 6.20 Å². The normalized spacial score (nSPS) is 11.0. The van der Waals surface area contributed by atoms with Crippen molar-refractivity contribution in [1.82, 2.24) is 25.1 Å². The van der Waals surface area contributed by atoms with Gasteiger partial charge in [-0.2, -0.15) is 5.10 Å². The van der Waals surface area contributed by atoms with Gasteiger partial charge in [0.2, 0.25) is 5.95 Å². The van der Waals surface area contributed by atoms with E-state index < -0.39 is 0 Å². The summed E-state index contributed by atoms with van der Waals surface area (Å²) < 4.78 is 0. The topological polar surface area (TPSA) is 82.3 Å². The molecule has 6 nitrogen and oxygen atoms in total. The van der Waals surface area contributed by atoms with Crippen LogP contribution in [-0.2, 0) is 6.42 Å². The first-order chi connectivity index (χ1) is 11.8. The number of benzene rings is 1. The summed E-state index contributed by atoms with van der Waals surface area (Å²) in [4.78, 5) is 12.2. The molecule has 6 heteroatoms. The number of aryl methyl sites for hydroxylation is 1. The summed E-state index contributed by atoms with van der Waals surface area (Å²) in [5, 5.41) is 11.6. The second-order valence-electron chi connectivity index (χ2n) is 5.69. The van der Waals surface area contributed by atoms with Crippen LogP contribution in [0, 0.1) is 6.92 Å². The summed E-state index contributed by atoms with van der Waals surface area (Å²) in [6.07, 6.45) is 6.59. The zero-order chi connectivity index (χ0) is 16.4. The maximum absolute atomic E-state index is 4.57. The number of fused-ring (bicyclic) bond motifs is 1. The Labute approximate surface area is 139 Å². The van der Waals surface area contributed by atoms with E-state index in [1.165, 1.54) is 16.5 Å². The summed E-state index contributed by atoms with van der Waals surface area (Å²) in [6, 6.07) is 10.2. The Morgan fingerprint density at radius 1 is 1.12 bits per heavy atom. The fraction of sp³-hybridized carbons (Fsp3) is 0.167. The van der Waals surface area contributed by atoms with E-state index in [1.807, 2.05) is 25.3 Å². The Kier molecular flexibility index (Phi) is 3.70. The molecule has 24 heavy (non-hydrogen) atoms. The molecule has 0 fully saturated rings. The molecule has 0 atom stereocenters. The van der Waals surface area contributed by atoms with Crippen molar-refractivity contribution in [2.45, 2.75) is 13.3 Å². The summed E-state index contributed by atoms with van der Waals surface area (Å²) in [6.45, 7) is 2.73. The molecule has 0 unspecified atom stereocenters. The van der Waals surface area contributed by atoms with Crippen molar-refractivity contribution in [3.05, 3.63) is 60.2 Å². The van der Waals surface area contributed by atoms with Gasteiger partial charge in [-0.05, 0) is 31.0 Å². The molecule has 4 rings (SSSR count). The van der Waals surface area contributed by atoms with Crippen molar-refractivity contribution < 1.29 is 0 Å². The summed E-state index contributed by atoms with van der Waals surface area (Å²) >= 11 is 0. The molecule has 1 aromatic carbocycles. The van der Waals surface area contributed by atoms with Crippen LogP contribution in [0.4, 0.5) is 5.95 Å². The van der Waals surface area contributed by atoms with Gasteiger partial charge in [0.15, 0.2) is 0 Å². The molecule has 0 aliphatic heterocycles. The Bertz CT molecular complexity index is 968. The zero-order valence-corrected chi connectivity index (χ0v) is 13.4. The maximum Gasteiger partial charge on any atom is 0.223 e. The van der Waals surface area contributed by atoms with Crippen molar-refractivity contribution >= 4 is 16.9 Å². The summed E-state index contributed by atoms with van der Waals surface area (Å²) in [7, 11) is 0. The highest BCUT2D eigenvalue weighted by Gasteiger charge is 2.07. The number of anilines is 1. The molecule has 3 heterocycles. The molecule has 3 N–H and O–H groups in total. The molecule has 0 aliphatic rings. The second kappa shape index (κ2) is 6.16. The Morgan fingerprint density at radius 2 is 2.04 bits per heavy atom. The fourth-order valence-corrected chi connectivity index (χ4v) is 2.86. The van der Waals surface area contributed by atoms with Gasteiger partial charge in [-0.15, -0.1) is 0 Å². The van der Waals surface area contributed by atoms with Crippen LogP contribution < -0.4 is 5.32 Å². The number of nitrogens with zero attached hydrogens (tertiary/aromatic N) is 3. The minimum Gasteiger partial charge on any atom is -0.361 e. The number of rotatable bonds is 5. The maximum atomic E-state index is 4.57. The number of aromatic amines is 2. The van der Waals surface area contributed by atoms with Gasteiger partial charge >= 0.3 is 0 Å². The van der Waals surface area contributed by atoms with E-state index in [4.69, 9.17) is 0 Å². The van der Waals surface area contributed by atoms with Crippen LogP contribution in [0.1, 0.15) is 11.3 Å². The van der Waals surface area contributed by atoms with Crippen LogP contribution in [-0.4, -0.2) is 31.7 Å². The zero-order valence-electron chi connectivity index (χ0n) is 13.4. The van der Waals surface area contributed by atoms with E-state index in [-0.39, 0.29) is 0 Å². The Balaban J connectivity index is 1.46. The first kappa shape index (κ1) is 14.4. The lowest BCUT2D eigenvalue weighted by Gasteiger charge is -2.06. The van der Waals surface area contributed by atoms with Gasteiger partial charge in [-0.1, -0.05) is 18.2 Å². The lowest BCUT2D eigenvalue weighted by Crippen LogP contribution is -2.08. The summed E-state index contributed by atoms with van der Waals surface area (Å²) in [5.74, 6) is 0.632. The average Bonchev–Trinajstić information content (AvgIpc) is 3.22. The molecular formula is C18H18N6. The number of aromatic nitrogens is 5. The minimum absolute atomic E-state index is 0.632. The molecule has 0 radical (unpaired) electrons. The third kappa shape index (κ3) is 2.74. The van der Waals surface area contributed by atoms with Crippen LogP contribution in [0.2, 0.25) is 0 Å². The first-order valence-electron chi connectivity index (χ1n) is 7.94. The predicted molar refractivity (Wildman–Crippen MR) is 94.8 cm³/mol. The molecule has 0 saturated heterocycles. The van der Waals surface area contributed by atoms with Crippen molar-refractivity contribution in [2.24, 2.45) is 0 Å². The molecule has 0 saturated carbocycles. The largest absolute Gasteiger partial charge is 0.361 e. The highest BCUT2D eigenvalue weighted by atomic mass is 15.1. The molecule has 4 aromatic rings. The van der Waals surface area contributed by atoms with Gasteiger partial charge in [0.1, 0.15) is 0 Å². The van der Waals surface area contributed by atoms with Crippen molar-refractivity contribution in [1.29, 1.82) is 0 Å². The van der Waals surface area contributed by atoms with Crippen molar-refractivity contribution in [3.8, 4) is 11.3 Å². The van der Waals surface area contributed by atoms with Gasteiger partial charge in [0, 0.05) is 41.6 Å². The van der Waals surface area contributed by atoms with Crippen LogP contribution >= 0.6 is 0 Å². The number of H-pyrrole nitrogens is 2. The van der Waals surface area contributed by atoms with E-state index in [2.05, 4.69) is 54.9 Å². The molecule has 120 valence electrons. The quantitative estimate of drug-likeness (QED) is 0.527. The van der Waals surface area contributed by atoms with E-state index >= 15 is 0 Å². The Hall–Kier alpha value is -3.15. The van der Waals surface area contributed by atoms with E-state index in [9.17, 15) is 0 Å². The standard InChI is InChI=1S/C18H18N6/c1-12-15(11-22-24-12)17-7-9-20-18(23-17)19-8-6-13-10-21-16-5-3-2-4-14(13)16/h2-5,7,9-11,21H,6,8H2,1H3,(H,22,24)(H,19,20,23). The van der Waals surface area contributed by atoms with Crippen LogP contribution in [0.3, 0.4) is 0 Å². The van der Waals surface area contributed by atoms with Crippen LogP contribution in [0.5, 0.6) is 0 Å². The number of hydrogen-bond acceptors (Lipinski definition) is 4. The minimum atomic E-state index is 0.632. The lowest BCUT2D eigenvalue weighted by molar-refractivity contribution is 0.991. The number of nitrogens with one attached hydrogen (secondary N) is 3. The van der Waals surface area contributed by atoms with Gasteiger partial charge in [-0.25, -0.2) is 9.97 Å². The molecule has 0 amide bonds. The van der Waals surface area contributed by atoms with Gasteiger partial charge < -0.3 is 10.3 Å². The van der Waals surface area contributed by atoms with Gasteiger partial charge in [0.25, 0.3) is 0 Å². The highest BCUT2D eigenvalue weighted by molar-refractivity contribution is 5.83. The lowest BCUT2D eigenvalue weighted by atomic mass is 10.1. The van der Waals surface area contributed by atoms with Crippen molar-refractivity contribution in [3.63, 3.8) is 0 Å². The predicted octanol–water partition coefficient (Wildman–Crippen LogP) is 3.31. The van der Waals surface area contributed by atoms with Gasteiger partial charge in [0.05, 0.1) is 11.4 Å². The molecule has 0 bridgehead atoms. The average molecular weight is 318 g/mol.